The van der Waals surface area contributed by atoms with Gasteiger partial charge in [-0.15, -0.1) is 0 Å². The first-order valence-electron chi connectivity index (χ1n) is 5.80. The first-order valence-corrected chi connectivity index (χ1v) is 5.80. The van der Waals surface area contributed by atoms with E-state index in [2.05, 4.69) is 0 Å². The molecule has 92 valence electrons. The molecule has 0 saturated carbocycles. The van der Waals surface area contributed by atoms with Crippen LogP contribution >= 0.6 is 0 Å². The van der Waals surface area contributed by atoms with E-state index >= 15 is 0 Å². The number of allylic oxidation sites excluding steroid dienone is 1. The minimum absolute atomic E-state index is 0.184. The molecular formula is C14H13NO3. The lowest BCUT2D eigenvalue weighted by Gasteiger charge is -2.08. The molecule has 0 bridgehead atoms. The van der Waals surface area contributed by atoms with Crippen LogP contribution < -0.4 is 4.74 Å². The summed E-state index contributed by atoms with van der Waals surface area (Å²) in [7, 11) is 0. The summed E-state index contributed by atoms with van der Waals surface area (Å²) in [4.78, 5) is 11.0. The minimum atomic E-state index is -1.17. The van der Waals surface area contributed by atoms with Crippen molar-refractivity contribution in [3.8, 4) is 11.8 Å². The summed E-state index contributed by atoms with van der Waals surface area (Å²) in [6, 6.07) is 7.33. The normalized spacial score (nSPS) is 14.2. The highest BCUT2D eigenvalue weighted by Crippen LogP contribution is 2.30. The summed E-state index contributed by atoms with van der Waals surface area (Å²) < 4.78 is 5.40. The quantitative estimate of drug-likeness (QED) is 0.653. The number of nitrogens with zero attached hydrogens (tertiary/aromatic N) is 1. The fraction of sp³-hybridized carbons (Fsp3) is 0.286. The lowest BCUT2D eigenvalue weighted by Crippen LogP contribution is -2.02. The van der Waals surface area contributed by atoms with E-state index in [9.17, 15) is 4.79 Å². The van der Waals surface area contributed by atoms with E-state index in [0.29, 0.717) is 18.6 Å². The number of hydrogen-bond acceptors (Lipinski definition) is 3. The molecule has 0 saturated heterocycles. The summed E-state index contributed by atoms with van der Waals surface area (Å²) in [6.45, 7) is 2.51. The number of aliphatic carboxylic acids is 1. The molecule has 1 aliphatic heterocycles. The zero-order valence-electron chi connectivity index (χ0n) is 10.1. The Morgan fingerprint density at radius 1 is 1.56 bits per heavy atom. The van der Waals surface area contributed by atoms with E-state index in [1.165, 1.54) is 0 Å². The molecule has 0 spiro atoms. The molecule has 0 atom stereocenters. The van der Waals surface area contributed by atoms with Crippen molar-refractivity contribution in [1.29, 1.82) is 5.26 Å². The number of ether oxygens (including phenoxy) is 1. The Morgan fingerprint density at radius 3 is 2.94 bits per heavy atom. The highest BCUT2D eigenvalue weighted by Gasteiger charge is 2.17. The molecule has 0 radical (unpaired) electrons. The van der Waals surface area contributed by atoms with Crippen molar-refractivity contribution in [1.82, 2.24) is 0 Å². The Bertz CT molecular complexity index is 567. The minimum Gasteiger partial charge on any atom is -0.493 e. The smallest absolute Gasteiger partial charge is 0.346 e. The van der Waals surface area contributed by atoms with Crippen LogP contribution in [0.1, 0.15) is 24.5 Å². The summed E-state index contributed by atoms with van der Waals surface area (Å²) in [5.74, 6) is -0.325. The van der Waals surface area contributed by atoms with Gasteiger partial charge < -0.3 is 9.84 Å². The predicted octanol–water partition coefficient (Wildman–Crippen LogP) is 2.39. The van der Waals surface area contributed by atoms with Crippen LogP contribution in [0.2, 0.25) is 0 Å². The molecule has 0 aromatic heterocycles. The van der Waals surface area contributed by atoms with Gasteiger partial charge in [-0.1, -0.05) is 13.0 Å². The SMILES string of the molecule is CCC(=C(C#N)C(=O)O)c1ccc2c(c1)CCO2. The number of hydrogen-bond donors (Lipinski definition) is 1. The third-order valence-corrected chi connectivity index (χ3v) is 3.02. The second-order valence-electron chi connectivity index (χ2n) is 4.05. The van der Waals surface area contributed by atoms with Crippen molar-refractivity contribution in [3.05, 3.63) is 34.9 Å². The lowest BCUT2D eigenvalue weighted by atomic mass is 9.96. The van der Waals surface area contributed by atoms with Crippen LogP contribution in [0.15, 0.2) is 23.8 Å². The molecule has 1 heterocycles. The van der Waals surface area contributed by atoms with Gasteiger partial charge in [0.15, 0.2) is 0 Å². The van der Waals surface area contributed by atoms with Crippen LogP contribution in [0, 0.1) is 11.3 Å². The number of carboxylic acid groups (broad SMARTS) is 1. The van der Waals surface area contributed by atoms with E-state index in [1.54, 1.807) is 6.07 Å². The number of carboxylic acids is 1. The summed E-state index contributed by atoms with van der Waals surface area (Å²) in [5, 5.41) is 18.0. The fourth-order valence-electron chi connectivity index (χ4n) is 2.14. The second-order valence-corrected chi connectivity index (χ2v) is 4.05. The molecule has 1 aromatic carbocycles. The zero-order chi connectivity index (χ0) is 13.1. The molecule has 18 heavy (non-hydrogen) atoms. The van der Waals surface area contributed by atoms with Crippen molar-refractivity contribution in [2.45, 2.75) is 19.8 Å². The van der Waals surface area contributed by atoms with Crippen LogP contribution in [-0.4, -0.2) is 17.7 Å². The highest BCUT2D eigenvalue weighted by molar-refractivity contribution is 6.00. The van der Waals surface area contributed by atoms with Crippen molar-refractivity contribution in [3.63, 3.8) is 0 Å². The number of rotatable bonds is 3. The van der Waals surface area contributed by atoms with Gasteiger partial charge in [-0.25, -0.2) is 4.79 Å². The fourth-order valence-corrected chi connectivity index (χ4v) is 2.14. The van der Waals surface area contributed by atoms with Crippen molar-refractivity contribution >= 4 is 11.5 Å². The van der Waals surface area contributed by atoms with Gasteiger partial charge >= 0.3 is 5.97 Å². The summed E-state index contributed by atoms with van der Waals surface area (Å²) in [6.07, 6.45) is 1.34. The molecule has 0 amide bonds. The van der Waals surface area contributed by atoms with E-state index < -0.39 is 5.97 Å². The average molecular weight is 243 g/mol. The summed E-state index contributed by atoms with van der Waals surface area (Å²) >= 11 is 0. The molecule has 1 aromatic rings. The molecule has 1 N–H and O–H groups in total. The first-order chi connectivity index (χ1) is 8.67. The molecule has 4 heteroatoms. The number of benzene rings is 1. The Labute approximate surface area is 105 Å². The van der Waals surface area contributed by atoms with Crippen LogP contribution in [0.25, 0.3) is 5.57 Å². The molecule has 0 fully saturated rings. The van der Waals surface area contributed by atoms with E-state index in [-0.39, 0.29) is 5.57 Å². The predicted molar refractivity (Wildman–Crippen MR) is 66.1 cm³/mol. The first kappa shape index (κ1) is 12.2. The largest absolute Gasteiger partial charge is 0.493 e. The van der Waals surface area contributed by atoms with Gasteiger partial charge in [0.2, 0.25) is 0 Å². The van der Waals surface area contributed by atoms with Crippen molar-refractivity contribution < 1.29 is 14.6 Å². The van der Waals surface area contributed by atoms with Gasteiger partial charge in [0.25, 0.3) is 0 Å². The molecule has 0 aliphatic carbocycles. The van der Waals surface area contributed by atoms with E-state index in [4.69, 9.17) is 15.1 Å². The van der Waals surface area contributed by atoms with E-state index in [1.807, 2.05) is 25.1 Å². The van der Waals surface area contributed by atoms with Gasteiger partial charge in [-0.05, 0) is 35.3 Å². The maximum absolute atomic E-state index is 11.0. The number of fused-ring (bicyclic) bond motifs is 1. The highest BCUT2D eigenvalue weighted by atomic mass is 16.5. The van der Waals surface area contributed by atoms with Gasteiger partial charge in [-0.2, -0.15) is 5.26 Å². The molecular weight excluding hydrogens is 230 g/mol. The maximum atomic E-state index is 11.0. The summed E-state index contributed by atoms with van der Waals surface area (Å²) in [5.41, 5.74) is 2.25. The second kappa shape index (κ2) is 4.92. The Hall–Kier alpha value is -2.28. The lowest BCUT2D eigenvalue weighted by molar-refractivity contribution is -0.132. The maximum Gasteiger partial charge on any atom is 0.346 e. The molecule has 2 rings (SSSR count). The number of nitriles is 1. The zero-order valence-corrected chi connectivity index (χ0v) is 10.1. The average Bonchev–Trinajstić information content (AvgIpc) is 2.82. The Kier molecular flexibility index (Phi) is 3.33. The molecule has 0 unspecified atom stereocenters. The third kappa shape index (κ3) is 2.07. The topological polar surface area (TPSA) is 70.3 Å². The molecule has 4 nitrogen and oxygen atoms in total. The standard InChI is InChI=1S/C14H13NO3/c1-2-11(12(8-15)14(16)17)9-3-4-13-10(7-9)5-6-18-13/h3-4,7H,2,5-6H2,1H3,(H,16,17). The third-order valence-electron chi connectivity index (χ3n) is 3.02. The van der Waals surface area contributed by atoms with Crippen molar-refractivity contribution in [2.24, 2.45) is 0 Å². The van der Waals surface area contributed by atoms with Gasteiger partial charge in [-0.3, -0.25) is 0 Å². The van der Waals surface area contributed by atoms with Gasteiger partial charge in [0.05, 0.1) is 6.61 Å². The van der Waals surface area contributed by atoms with Crippen LogP contribution in [-0.2, 0) is 11.2 Å². The monoisotopic (exact) mass is 243 g/mol. The van der Waals surface area contributed by atoms with Gasteiger partial charge in [0.1, 0.15) is 17.4 Å². The molecule has 1 aliphatic rings. The van der Waals surface area contributed by atoms with Gasteiger partial charge in [0, 0.05) is 6.42 Å². The van der Waals surface area contributed by atoms with Crippen molar-refractivity contribution in [2.75, 3.05) is 6.61 Å². The van der Waals surface area contributed by atoms with Crippen LogP contribution in [0.5, 0.6) is 5.75 Å². The van der Waals surface area contributed by atoms with Crippen LogP contribution in [0.4, 0.5) is 0 Å². The Balaban J connectivity index is 2.52. The Morgan fingerprint density at radius 2 is 2.33 bits per heavy atom. The number of carbonyl (C=O) groups is 1. The van der Waals surface area contributed by atoms with Crippen LogP contribution in [0.3, 0.4) is 0 Å². The van der Waals surface area contributed by atoms with E-state index in [0.717, 1.165) is 23.3 Å².